The fraction of sp³-hybridized carbons (Fsp3) is 0.250. The molecule has 2 aromatic carbocycles. The molecule has 0 unspecified atom stereocenters. The molecule has 0 aliphatic carbocycles. The van der Waals surface area contributed by atoms with Gasteiger partial charge >= 0.3 is 0 Å². The molecule has 9 heteroatoms. The first-order valence-corrected chi connectivity index (χ1v) is 10.8. The lowest BCUT2D eigenvalue weighted by Gasteiger charge is -2.15. The highest BCUT2D eigenvalue weighted by Crippen LogP contribution is 2.21. The number of carbonyl (C=O) groups excluding carboxylic acids is 1. The molecular weight excluding hydrogens is 390 g/mol. The second-order valence-electron chi connectivity index (χ2n) is 6.82. The third-order valence-electron chi connectivity index (χ3n) is 4.83. The smallest absolute Gasteiger partial charge is 0.273 e. The molecule has 1 aromatic heterocycles. The van der Waals surface area contributed by atoms with E-state index in [4.69, 9.17) is 0 Å². The molecule has 0 bridgehead atoms. The van der Waals surface area contributed by atoms with Crippen molar-refractivity contribution in [2.75, 3.05) is 13.1 Å². The molecule has 1 fully saturated rings. The van der Waals surface area contributed by atoms with Gasteiger partial charge in [-0.1, -0.05) is 35.5 Å². The molecule has 2 heterocycles. The van der Waals surface area contributed by atoms with E-state index < -0.39 is 10.0 Å². The molecular formula is C20H21N5O3S. The largest absolute Gasteiger partial charge is 0.347 e. The third-order valence-corrected chi connectivity index (χ3v) is 6.74. The predicted octanol–water partition coefficient (Wildman–Crippen LogP) is 1.98. The molecule has 3 aromatic rings. The summed E-state index contributed by atoms with van der Waals surface area (Å²) < 4.78 is 28.2. The molecule has 0 atom stereocenters. The standard InChI is InChI=1S/C20H21N5O3S/c26-20(19-15-25(23-22-19)17-6-2-1-3-7-17)21-14-16-8-10-18(11-9-16)29(27,28)24-12-4-5-13-24/h1-3,6-11,15H,4-5,12-14H2,(H,21,26). The molecule has 1 amide bonds. The van der Waals surface area contributed by atoms with E-state index in [1.54, 1.807) is 30.5 Å². The van der Waals surface area contributed by atoms with Crippen molar-refractivity contribution < 1.29 is 13.2 Å². The van der Waals surface area contributed by atoms with Crippen LogP contribution >= 0.6 is 0 Å². The molecule has 8 nitrogen and oxygen atoms in total. The Kier molecular flexibility index (Phi) is 5.41. The number of para-hydroxylation sites is 1. The summed E-state index contributed by atoms with van der Waals surface area (Å²) in [5.74, 6) is -0.346. The normalized spacial score (nSPS) is 14.8. The zero-order chi connectivity index (χ0) is 20.3. The number of sulfonamides is 1. The average molecular weight is 411 g/mol. The van der Waals surface area contributed by atoms with Gasteiger partial charge in [0.15, 0.2) is 5.69 Å². The molecule has 1 aliphatic rings. The number of hydrogen-bond donors (Lipinski definition) is 1. The monoisotopic (exact) mass is 411 g/mol. The van der Waals surface area contributed by atoms with Gasteiger partial charge in [-0.3, -0.25) is 4.79 Å². The van der Waals surface area contributed by atoms with Gasteiger partial charge in [-0.2, -0.15) is 4.31 Å². The van der Waals surface area contributed by atoms with Crippen molar-refractivity contribution in [1.29, 1.82) is 0 Å². The van der Waals surface area contributed by atoms with E-state index in [-0.39, 0.29) is 23.0 Å². The van der Waals surface area contributed by atoms with Gasteiger partial charge in [0.2, 0.25) is 10.0 Å². The van der Waals surface area contributed by atoms with Crippen LogP contribution in [0.1, 0.15) is 28.9 Å². The number of carbonyl (C=O) groups is 1. The van der Waals surface area contributed by atoms with Crippen LogP contribution in [0.3, 0.4) is 0 Å². The van der Waals surface area contributed by atoms with Gasteiger partial charge in [0.05, 0.1) is 16.8 Å². The van der Waals surface area contributed by atoms with Gasteiger partial charge in [0, 0.05) is 19.6 Å². The lowest BCUT2D eigenvalue weighted by Crippen LogP contribution is -2.28. The van der Waals surface area contributed by atoms with Crippen LogP contribution in [-0.2, 0) is 16.6 Å². The lowest BCUT2D eigenvalue weighted by atomic mass is 10.2. The number of rotatable bonds is 6. The maximum atomic E-state index is 12.6. The maximum absolute atomic E-state index is 12.6. The number of nitrogens with one attached hydrogen (secondary N) is 1. The SMILES string of the molecule is O=C(NCc1ccc(S(=O)(=O)N2CCCC2)cc1)c1cn(-c2ccccc2)nn1. The molecule has 1 saturated heterocycles. The Labute approximate surface area is 169 Å². The molecule has 0 spiro atoms. The Bertz CT molecular complexity index is 1090. The Morgan fingerprint density at radius 2 is 1.69 bits per heavy atom. The van der Waals surface area contributed by atoms with Crippen molar-refractivity contribution in [3.8, 4) is 5.69 Å². The summed E-state index contributed by atoms with van der Waals surface area (Å²) in [4.78, 5) is 12.6. The second-order valence-corrected chi connectivity index (χ2v) is 8.76. The highest BCUT2D eigenvalue weighted by atomic mass is 32.2. The van der Waals surface area contributed by atoms with Crippen LogP contribution in [0.15, 0.2) is 65.7 Å². The third kappa shape index (κ3) is 4.20. The number of nitrogens with zero attached hydrogens (tertiary/aromatic N) is 4. The minimum Gasteiger partial charge on any atom is -0.347 e. The Balaban J connectivity index is 1.38. The number of aromatic nitrogens is 3. The van der Waals surface area contributed by atoms with Crippen LogP contribution in [0, 0.1) is 0 Å². The molecule has 4 rings (SSSR count). The summed E-state index contributed by atoms with van der Waals surface area (Å²) in [6.07, 6.45) is 3.37. The van der Waals surface area contributed by atoms with Gasteiger partial charge < -0.3 is 5.32 Å². The number of hydrogen-bond acceptors (Lipinski definition) is 5. The Morgan fingerprint density at radius 1 is 1.00 bits per heavy atom. The summed E-state index contributed by atoms with van der Waals surface area (Å²) in [6.45, 7) is 1.41. The second kappa shape index (κ2) is 8.14. The van der Waals surface area contributed by atoms with Crippen molar-refractivity contribution in [2.24, 2.45) is 0 Å². The van der Waals surface area contributed by atoms with Gasteiger partial charge in [0.25, 0.3) is 5.91 Å². The van der Waals surface area contributed by atoms with Crippen LogP contribution in [0.4, 0.5) is 0 Å². The summed E-state index contributed by atoms with van der Waals surface area (Å²) in [6, 6.07) is 16.0. The lowest BCUT2D eigenvalue weighted by molar-refractivity contribution is 0.0946. The summed E-state index contributed by atoms with van der Waals surface area (Å²) in [5.41, 5.74) is 1.82. The van der Waals surface area contributed by atoms with E-state index in [2.05, 4.69) is 15.6 Å². The van der Waals surface area contributed by atoms with E-state index in [0.29, 0.717) is 13.1 Å². The van der Waals surface area contributed by atoms with E-state index in [1.807, 2.05) is 30.3 Å². The van der Waals surface area contributed by atoms with Crippen LogP contribution in [0.5, 0.6) is 0 Å². The topological polar surface area (TPSA) is 97.2 Å². The van der Waals surface area contributed by atoms with Gasteiger partial charge in [-0.25, -0.2) is 13.1 Å². The highest BCUT2D eigenvalue weighted by Gasteiger charge is 2.26. The van der Waals surface area contributed by atoms with E-state index >= 15 is 0 Å². The minimum absolute atomic E-state index is 0.210. The zero-order valence-corrected chi connectivity index (χ0v) is 16.5. The quantitative estimate of drug-likeness (QED) is 0.669. The first-order chi connectivity index (χ1) is 14.0. The van der Waals surface area contributed by atoms with Crippen LogP contribution in [0.2, 0.25) is 0 Å². The summed E-state index contributed by atoms with van der Waals surface area (Å²) >= 11 is 0. The Hall–Kier alpha value is -3.04. The minimum atomic E-state index is -3.43. The van der Waals surface area contributed by atoms with Crippen molar-refractivity contribution in [3.63, 3.8) is 0 Å². The van der Waals surface area contributed by atoms with E-state index in [0.717, 1.165) is 24.1 Å². The number of amides is 1. The molecule has 150 valence electrons. The van der Waals surface area contributed by atoms with Gasteiger partial charge in [-0.05, 0) is 42.7 Å². The van der Waals surface area contributed by atoms with Crippen LogP contribution in [-0.4, -0.2) is 46.7 Å². The molecule has 29 heavy (non-hydrogen) atoms. The van der Waals surface area contributed by atoms with Gasteiger partial charge in [-0.15, -0.1) is 5.10 Å². The van der Waals surface area contributed by atoms with E-state index in [9.17, 15) is 13.2 Å². The predicted molar refractivity (Wildman–Crippen MR) is 107 cm³/mol. The fourth-order valence-corrected chi connectivity index (χ4v) is 4.72. The summed E-state index contributed by atoms with van der Waals surface area (Å²) in [7, 11) is -3.43. The fourth-order valence-electron chi connectivity index (χ4n) is 3.20. The number of benzene rings is 2. The molecule has 0 radical (unpaired) electrons. The molecule has 1 aliphatic heterocycles. The first-order valence-electron chi connectivity index (χ1n) is 9.39. The van der Waals surface area contributed by atoms with Crippen LogP contribution < -0.4 is 5.32 Å². The van der Waals surface area contributed by atoms with Crippen LogP contribution in [0.25, 0.3) is 5.69 Å². The first kappa shape index (κ1) is 19.3. The highest BCUT2D eigenvalue weighted by molar-refractivity contribution is 7.89. The molecule has 0 saturated carbocycles. The van der Waals surface area contributed by atoms with Crippen molar-refractivity contribution in [1.82, 2.24) is 24.6 Å². The van der Waals surface area contributed by atoms with E-state index in [1.165, 1.54) is 8.99 Å². The summed E-state index contributed by atoms with van der Waals surface area (Å²) in [5, 5.41) is 10.7. The maximum Gasteiger partial charge on any atom is 0.273 e. The molecule has 1 N–H and O–H groups in total. The Morgan fingerprint density at radius 3 is 2.38 bits per heavy atom. The zero-order valence-electron chi connectivity index (χ0n) is 15.7. The van der Waals surface area contributed by atoms with Crippen molar-refractivity contribution in [2.45, 2.75) is 24.3 Å². The van der Waals surface area contributed by atoms with Gasteiger partial charge in [0.1, 0.15) is 0 Å². The van der Waals surface area contributed by atoms with Crippen molar-refractivity contribution >= 4 is 15.9 Å². The average Bonchev–Trinajstić information content (AvgIpc) is 3.46. The van der Waals surface area contributed by atoms with Crippen molar-refractivity contribution in [3.05, 3.63) is 72.1 Å².